The molecule has 0 heteroatoms. The lowest BCUT2D eigenvalue weighted by atomic mass is 9.75. The molecule has 0 amide bonds. The van der Waals surface area contributed by atoms with E-state index in [0.717, 1.165) is 17.8 Å². The van der Waals surface area contributed by atoms with Crippen LogP contribution in [0, 0.1) is 17.8 Å². The fourth-order valence-corrected chi connectivity index (χ4v) is 3.41. The Hall–Kier alpha value is -0.780. The fourth-order valence-electron chi connectivity index (χ4n) is 3.41. The molecule has 0 N–H and O–H groups in total. The molecule has 3 aliphatic rings. The largest absolute Gasteiger partial charge is 0.0885 e. The molecule has 0 nitrogen and oxygen atoms in total. The Balaban J connectivity index is 1.77. The summed E-state index contributed by atoms with van der Waals surface area (Å²) in [5.74, 6) is 2.85. The number of allylic oxidation sites excluding steroid dienone is 6. The van der Waals surface area contributed by atoms with E-state index in [1.807, 2.05) is 0 Å². The van der Waals surface area contributed by atoms with Crippen molar-refractivity contribution in [3.8, 4) is 0 Å². The lowest BCUT2D eigenvalue weighted by molar-refractivity contribution is 0.320. The third-order valence-corrected chi connectivity index (χ3v) is 4.36. The minimum atomic E-state index is 0.890. The van der Waals surface area contributed by atoms with E-state index in [-0.39, 0.29) is 0 Å². The molecule has 16 heavy (non-hydrogen) atoms. The quantitative estimate of drug-likeness (QED) is 0.600. The van der Waals surface area contributed by atoms with Crippen molar-refractivity contribution in [2.75, 3.05) is 0 Å². The van der Waals surface area contributed by atoms with Crippen LogP contribution < -0.4 is 0 Å². The Morgan fingerprint density at radius 2 is 1.81 bits per heavy atom. The summed E-state index contributed by atoms with van der Waals surface area (Å²) in [7, 11) is 0. The highest BCUT2D eigenvalue weighted by molar-refractivity contribution is 5.28. The highest BCUT2D eigenvalue weighted by Crippen LogP contribution is 2.48. The zero-order valence-electron chi connectivity index (χ0n) is 10.1. The van der Waals surface area contributed by atoms with Crippen molar-refractivity contribution in [3.63, 3.8) is 0 Å². The van der Waals surface area contributed by atoms with Gasteiger partial charge in [-0.15, -0.1) is 0 Å². The Morgan fingerprint density at radius 3 is 2.44 bits per heavy atom. The van der Waals surface area contributed by atoms with Gasteiger partial charge in [0.1, 0.15) is 0 Å². The van der Waals surface area contributed by atoms with Crippen molar-refractivity contribution >= 4 is 0 Å². The molecule has 3 rings (SSSR count). The summed E-state index contributed by atoms with van der Waals surface area (Å²) in [5.41, 5.74) is 1.68. The summed E-state index contributed by atoms with van der Waals surface area (Å²) < 4.78 is 0. The maximum absolute atomic E-state index is 2.52. The first-order valence-electron chi connectivity index (χ1n) is 6.97. The van der Waals surface area contributed by atoms with Gasteiger partial charge in [0, 0.05) is 0 Å². The third-order valence-electron chi connectivity index (χ3n) is 4.36. The monoisotopic (exact) mass is 214 g/mol. The smallest absolute Gasteiger partial charge is 0.0105 e. The van der Waals surface area contributed by atoms with Crippen molar-refractivity contribution < 1.29 is 0 Å². The van der Waals surface area contributed by atoms with Gasteiger partial charge in [-0.05, 0) is 68.3 Å². The van der Waals surface area contributed by atoms with Gasteiger partial charge in [-0.1, -0.05) is 30.4 Å². The Bertz CT molecular complexity index is 328. The number of hydrogen-bond acceptors (Lipinski definition) is 0. The van der Waals surface area contributed by atoms with Crippen LogP contribution in [0.3, 0.4) is 0 Å². The first-order chi connectivity index (χ1) is 7.95. The van der Waals surface area contributed by atoms with Gasteiger partial charge in [0.2, 0.25) is 0 Å². The van der Waals surface area contributed by atoms with Crippen molar-refractivity contribution in [2.45, 2.75) is 44.9 Å². The maximum Gasteiger partial charge on any atom is -0.0105 e. The minimum Gasteiger partial charge on any atom is -0.0885 e. The fraction of sp³-hybridized carbons (Fsp3) is 0.625. The van der Waals surface area contributed by atoms with Gasteiger partial charge in [-0.2, -0.15) is 0 Å². The highest BCUT2D eigenvalue weighted by Gasteiger charge is 2.37. The van der Waals surface area contributed by atoms with Gasteiger partial charge < -0.3 is 0 Å². The minimum absolute atomic E-state index is 0.890. The van der Waals surface area contributed by atoms with Crippen LogP contribution >= 0.6 is 0 Å². The summed E-state index contributed by atoms with van der Waals surface area (Å²) in [6.07, 6.45) is 21.6. The number of hydrogen-bond donors (Lipinski definition) is 0. The van der Waals surface area contributed by atoms with Gasteiger partial charge in [-0.25, -0.2) is 0 Å². The van der Waals surface area contributed by atoms with E-state index >= 15 is 0 Å². The Labute approximate surface area is 99.1 Å². The lowest BCUT2D eigenvalue weighted by Gasteiger charge is -2.30. The zero-order chi connectivity index (χ0) is 10.8. The second-order valence-corrected chi connectivity index (χ2v) is 5.59. The van der Waals surface area contributed by atoms with Crippen molar-refractivity contribution in [1.82, 2.24) is 0 Å². The van der Waals surface area contributed by atoms with E-state index in [1.54, 1.807) is 5.57 Å². The third kappa shape index (κ3) is 2.16. The van der Waals surface area contributed by atoms with Crippen LogP contribution in [0.25, 0.3) is 0 Å². The van der Waals surface area contributed by atoms with E-state index in [4.69, 9.17) is 0 Å². The average molecular weight is 214 g/mol. The summed E-state index contributed by atoms with van der Waals surface area (Å²) in [5, 5.41) is 0. The molecular formula is C16H22. The molecule has 86 valence electrons. The molecule has 1 saturated carbocycles. The molecule has 0 radical (unpaired) electrons. The topological polar surface area (TPSA) is 0 Å². The first kappa shape index (κ1) is 10.4. The van der Waals surface area contributed by atoms with E-state index < -0.39 is 0 Å². The van der Waals surface area contributed by atoms with Crippen LogP contribution in [0.1, 0.15) is 44.9 Å². The molecule has 0 heterocycles. The average Bonchev–Trinajstić information content (AvgIpc) is 3.17. The molecule has 0 aromatic carbocycles. The molecule has 0 aromatic rings. The second-order valence-electron chi connectivity index (χ2n) is 5.59. The van der Waals surface area contributed by atoms with Crippen LogP contribution in [-0.4, -0.2) is 0 Å². The molecule has 2 unspecified atom stereocenters. The molecule has 0 bridgehead atoms. The predicted octanol–water partition coefficient (Wildman–Crippen LogP) is 4.65. The van der Waals surface area contributed by atoms with Crippen LogP contribution in [0.2, 0.25) is 0 Å². The van der Waals surface area contributed by atoms with Crippen LogP contribution in [0.5, 0.6) is 0 Å². The summed E-state index contributed by atoms with van der Waals surface area (Å²) in [6, 6.07) is 0. The van der Waals surface area contributed by atoms with Crippen molar-refractivity contribution in [1.29, 1.82) is 0 Å². The highest BCUT2D eigenvalue weighted by atomic mass is 14.4. The van der Waals surface area contributed by atoms with Crippen molar-refractivity contribution in [2.24, 2.45) is 17.8 Å². The first-order valence-corrected chi connectivity index (χ1v) is 6.97. The van der Waals surface area contributed by atoms with Crippen LogP contribution in [0.4, 0.5) is 0 Å². The molecule has 0 aromatic heterocycles. The molecule has 2 atom stereocenters. The normalized spacial score (nSPS) is 31.2. The van der Waals surface area contributed by atoms with Crippen LogP contribution in [-0.2, 0) is 0 Å². The van der Waals surface area contributed by atoms with E-state index in [2.05, 4.69) is 30.4 Å². The predicted molar refractivity (Wildman–Crippen MR) is 69.2 cm³/mol. The van der Waals surface area contributed by atoms with E-state index in [0.29, 0.717) is 0 Å². The molecule has 3 aliphatic carbocycles. The standard InChI is InChI=1S/C16H22/c1-3-7-13(8-4-1)16(15-11-12-15)14-9-5-2-6-10-14/h1,3,5,9-10,13,15-16H,2,4,6-8,11-12H2. The zero-order valence-corrected chi connectivity index (χ0v) is 10.1. The SMILES string of the molecule is C1=CC(C(C2CC=CCC2)C2CC2)=CCC1. The molecular weight excluding hydrogens is 192 g/mol. The molecule has 0 saturated heterocycles. The Kier molecular flexibility index (Phi) is 2.99. The molecule has 1 fully saturated rings. The van der Waals surface area contributed by atoms with Gasteiger partial charge in [-0.3, -0.25) is 0 Å². The van der Waals surface area contributed by atoms with Gasteiger partial charge >= 0.3 is 0 Å². The molecule has 0 aliphatic heterocycles. The second kappa shape index (κ2) is 4.61. The van der Waals surface area contributed by atoms with Gasteiger partial charge in [0.25, 0.3) is 0 Å². The van der Waals surface area contributed by atoms with Crippen molar-refractivity contribution in [3.05, 3.63) is 36.0 Å². The summed E-state index contributed by atoms with van der Waals surface area (Å²) in [6.45, 7) is 0. The molecule has 0 spiro atoms. The van der Waals surface area contributed by atoms with E-state index in [9.17, 15) is 0 Å². The number of rotatable bonds is 3. The van der Waals surface area contributed by atoms with Gasteiger partial charge in [0.15, 0.2) is 0 Å². The Morgan fingerprint density at radius 1 is 0.875 bits per heavy atom. The summed E-state index contributed by atoms with van der Waals surface area (Å²) >= 11 is 0. The lowest BCUT2D eigenvalue weighted by Crippen LogP contribution is -2.20. The van der Waals surface area contributed by atoms with Gasteiger partial charge in [0.05, 0.1) is 0 Å². The van der Waals surface area contributed by atoms with E-state index in [1.165, 1.54) is 44.9 Å². The van der Waals surface area contributed by atoms with Crippen LogP contribution in [0.15, 0.2) is 36.0 Å². The summed E-state index contributed by atoms with van der Waals surface area (Å²) in [4.78, 5) is 0. The maximum atomic E-state index is 2.52.